The highest BCUT2D eigenvalue weighted by Gasteiger charge is 2.22. The Hall–Kier alpha value is -0.610. The summed E-state index contributed by atoms with van der Waals surface area (Å²) in [6, 6.07) is 0.242. The molecular formula is C13H26N2O2. The van der Waals surface area contributed by atoms with E-state index in [0.717, 1.165) is 18.9 Å². The molecule has 0 radical (unpaired) electrons. The SMILES string of the molecule is CC(C)CCCC(C)NC(=O)C1CNCCO1. The standard InChI is InChI=1S/C13H26N2O2/c1-10(2)5-4-6-11(3)15-13(16)12-9-14-7-8-17-12/h10-12,14H,4-9H2,1-3H3,(H,15,16). The zero-order valence-corrected chi connectivity index (χ0v) is 11.3. The van der Waals surface area contributed by atoms with Gasteiger partial charge in [-0.2, -0.15) is 0 Å². The molecule has 0 aromatic carbocycles. The van der Waals surface area contributed by atoms with Crippen LogP contribution in [0.3, 0.4) is 0 Å². The maximum absolute atomic E-state index is 11.8. The van der Waals surface area contributed by atoms with Crippen molar-refractivity contribution in [3.63, 3.8) is 0 Å². The molecule has 0 saturated carbocycles. The lowest BCUT2D eigenvalue weighted by molar-refractivity contribution is -0.134. The van der Waals surface area contributed by atoms with Crippen LogP contribution in [0.15, 0.2) is 0 Å². The van der Waals surface area contributed by atoms with Crippen LogP contribution in [0.25, 0.3) is 0 Å². The second-order valence-electron chi connectivity index (χ2n) is 5.30. The van der Waals surface area contributed by atoms with Crippen molar-refractivity contribution in [3.05, 3.63) is 0 Å². The van der Waals surface area contributed by atoms with Crippen molar-refractivity contribution in [2.75, 3.05) is 19.7 Å². The number of hydrogen-bond donors (Lipinski definition) is 2. The summed E-state index contributed by atoms with van der Waals surface area (Å²) < 4.78 is 5.41. The molecule has 2 unspecified atom stereocenters. The Morgan fingerprint density at radius 2 is 2.18 bits per heavy atom. The molecule has 1 aliphatic rings. The summed E-state index contributed by atoms with van der Waals surface area (Å²) >= 11 is 0. The molecule has 1 fully saturated rings. The van der Waals surface area contributed by atoms with Gasteiger partial charge in [-0.3, -0.25) is 4.79 Å². The molecule has 1 saturated heterocycles. The van der Waals surface area contributed by atoms with E-state index in [-0.39, 0.29) is 18.1 Å². The third-order valence-corrected chi connectivity index (χ3v) is 3.03. The van der Waals surface area contributed by atoms with Gasteiger partial charge in [0.2, 0.25) is 0 Å². The van der Waals surface area contributed by atoms with Crippen molar-refractivity contribution in [2.24, 2.45) is 5.92 Å². The highest BCUT2D eigenvalue weighted by atomic mass is 16.5. The van der Waals surface area contributed by atoms with Crippen molar-refractivity contribution >= 4 is 5.91 Å². The van der Waals surface area contributed by atoms with Crippen LogP contribution in [0.1, 0.15) is 40.0 Å². The van der Waals surface area contributed by atoms with Crippen LogP contribution in [0.4, 0.5) is 0 Å². The number of nitrogens with one attached hydrogen (secondary N) is 2. The lowest BCUT2D eigenvalue weighted by Crippen LogP contribution is -2.49. The number of morpholine rings is 1. The van der Waals surface area contributed by atoms with Crippen molar-refractivity contribution in [3.8, 4) is 0 Å². The van der Waals surface area contributed by atoms with Crippen molar-refractivity contribution in [1.29, 1.82) is 0 Å². The second kappa shape index (κ2) is 7.67. The molecule has 2 N–H and O–H groups in total. The summed E-state index contributed by atoms with van der Waals surface area (Å²) in [5.41, 5.74) is 0. The molecule has 2 atom stereocenters. The van der Waals surface area contributed by atoms with Gasteiger partial charge in [0.1, 0.15) is 6.10 Å². The van der Waals surface area contributed by atoms with Gasteiger partial charge in [-0.15, -0.1) is 0 Å². The summed E-state index contributed by atoms with van der Waals surface area (Å²) in [6.07, 6.45) is 3.13. The fourth-order valence-electron chi connectivity index (χ4n) is 1.97. The van der Waals surface area contributed by atoms with Gasteiger partial charge in [-0.1, -0.05) is 26.7 Å². The number of amides is 1. The van der Waals surface area contributed by atoms with E-state index in [1.54, 1.807) is 0 Å². The molecule has 1 heterocycles. The van der Waals surface area contributed by atoms with E-state index in [1.807, 2.05) is 0 Å². The van der Waals surface area contributed by atoms with Crippen LogP contribution in [-0.4, -0.2) is 37.7 Å². The Kier molecular flexibility index (Phi) is 6.52. The number of ether oxygens (including phenoxy) is 1. The molecule has 0 aliphatic carbocycles. The van der Waals surface area contributed by atoms with Gasteiger partial charge in [0.15, 0.2) is 0 Å². The summed E-state index contributed by atoms with van der Waals surface area (Å²) in [7, 11) is 0. The van der Waals surface area contributed by atoms with Crippen molar-refractivity contribution < 1.29 is 9.53 Å². The average Bonchev–Trinajstić information content (AvgIpc) is 2.29. The monoisotopic (exact) mass is 242 g/mol. The van der Waals surface area contributed by atoms with E-state index >= 15 is 0 Å². The number of rotatable bonds is 6. The van der Waals surface area contributed by atoms with Crippen molar-refractivity contribution in [2.45, 2.75) is 52.2 Å². The quantitative estimate of drug-likeness (QED) is 0.738. The summed E-state index contributed by atoms with van der Waals surface area (Å²) in [5.74, 6) is 0.762. The van der Waals surface area contributed by atoms with E-state index in [4.69, 9.17) is 4.74 Å². The number of carbonyl (C=O) groups excluding carboxylic acids is 1. The molecule has 0 aromatic heterocycles. The molecular weight excluding hydrogens is 216 g/mol. The molecule has 1 amide bonds. The first kappa shape index (κ1) is 14.5. The summed E-state index contributed by atoms with van der Waals surface area (Å²) in [5, 5.41) is 6.18. The predicted octanol–water partition coefficient (Wildman–Crippen LogP) is 1.31. The largest absolute Gasteiger partial charge is 0.366 e. The fraction of sp³-hybridized carbons (Fsp3) is 0.923. The topological polar surface area (TPSA) is 50.4 Å². The first-order valence-corrected chi connectivity index (χ1v) is 6.72. The van der Waals surface area contributed by atoms with E-state index in [2.05, 4.69) is 31.4 Å². The lowest BCUT2D eigenvalue weighted by Gasteiger charge is -2.24. The van der Waals surface area contributed by atoms with E-state index < -0.39 is 0 Å². The minimum atomic E-state index is -0.309. The fourth-order valence-corrected chi connectivity index (χ4v) is 1.97. The summed E-state index contributed by atoms with van der Waals surface area (Å²) in [4.78, 5) is 11.8. The maximum Gasteiger partial charge on any atom is 0.250 e. The Morgan fingerprint density at radius 1 is 1.41 bits per heavy atom. The van der Waals surface area contributed by atoms with Crippen LogP contribution in [-0.2, 0) is 9.53 Å². The smallest absolute Gasteiger partial charge is 0.250 e. The Balaban J connectivity index is 2.15. The lowest BCUT2D eigenvalue weighted by atomic mass is 10.0. The van der Waals surface area contributed by atoms with Crippen LogP contribution >= 0.6 is 0 Å². The molecule has 100 valence electrons. The zero-order valence-electron chi connectivity index (χ0n) is 11.3. The van der Waals surface area contributed by atoms with Gasteiger partial charge in [0, 0.05) is 19.1 Å². The minimum Gasteiger partial charge on any atom is -0.366 e. The second-order valence-corrected chi connectivity index (χ2v) is 5.30. The van der Waals surface area contributed by atoms with E-state index in [0.29, 0.717) is 13.2 Å². The van der Waals surface area contributed by atoms with E-state index in [9.17, 15) is 4.79 Å². The van der Waals surface area contributed by atoms with Crippen LogP contribution in [0.2, 0.25) is 0 Å². The molecule has 17 heavy (non-hydrogen) atoms. The Morgan fingerprint density at radius 3 is 2.76 bits per heavy atom. The third kappa shape index (κ3) is 6.03. The molecule has 4 heteroatoms. The normalized spacial score (nSPS) is 22.5. The number of hydrogen-bond acceptors (Lipinski definition) is 3. The first-order chi connectivity index (χ1) is 8.09. The Bertz CT molecular complexity index is 225. The number of carbonyl (C=O) groups is 1. The minimum absolute atomic E-state index is 0.0225. The Labute approximate surface area is 104 Å². The van der Waals surface area contributed by atoms with Gasteiger partial charge < -0.3 is 15.4 Å². The van der Waals surface area contributed by atoms with Gasteiger partial charge >= 0.3 is 0 Å². The summed E-state index contributed by atoms with van der Waals surface area (Å²) in [6.45, 7) is 8.61. The highest BCUT2D eigenvalue weighted by Crippen LogP contribution is 2.08. The first-order valence-electron chi connectivity index (χ1n) is 6.72. The zero-order chi connectivity index (χ0) is 12.7. The molecule has 0 aromatic rings. The van der Waals surface area contributed by atoms with Crippen LogP contribution in [0.5, 0.6) is 0 Å². The average molecular weight is 242 g/mol. The highest BCUT2D eigenvalue weighted by molar-refractivity contribution is 5.81. The van der Waals surface area contributed by atoms with Gasteiger partial charge in [-0.05, 0) is 19.3 Å². The van der Waals surface area contributed by atoms with E-state index in [1.165, 1.54) is 12.8 Å². The van der Waals surface area contributed by atoms with Gasteiger partial charge in [0.05, 0.1) is 6.61 Å². The maximum atomic E-state index is 11.8. The van der Waals surface area contributed by atoms with Gasteiger partial charge in [-0.25, -0.2) is 0 Å². The predicted molar refractivity (Wildman–Crippen MR) is 68.9 cm³/mol. The third-order valence-electron chi connectivity index (χ3n) is 3.03. The van der Waals surface area contributed by atoms with Crippen molar-refractivity contribution in [1.82, 2.24) is 10.6 Å². The molecule has 1 rings (SSSR count). The van der Waals surface area contributed by atoms with Crippen LogP contribution in [0, 0.1) is 5.92 Å². The van der Waals surface area contributed by atoms with Crippen LogP contribution < -0.4 is 10.6 Å². The molecule has 0 spiro atoms. The molecule has 0 bridgehead atoms. The molecule has 1 aliphatic heterocycles. The van der Waals surface area contributed by atoms with Gasteiger partial charge in [0.25, 0.3) is 5.91 Å². The molecule has 4 nitrogen and oxygen atoms in total.